The van der Waals surface area contributed by atoms with Crippen molar-refractivity contribution in [3.63, 3.8) is 0 Å². The molecule has 1 aromatic rings. The number of piperazine rings is 1. The van der Waals surface area contributed by atoms with E-state index in [1.165, 1.54) is 12.1 Å². The predicted octanol–water partition coefficient (Wildman–Crippen LogP) is 1.83. The van der Waals surface area contributed by atoms with Crippen molar-refractivity contribution in [1.29, 1.82) is 0 Å². The van der Waals surface area contributed by atoms with Gasteiger partial charge in [-0.15, -0.1) is 0 Å². The second-order valence-corrected chi connectivity index (χ2v) is 4.50. The van der Waals surface area contributed by atoms with Crippen molar-refractivity contribution >= 4 is 5.69 Å². The van der Waals surface area contributed by atoms with Crippen LogP contribution in [0.25, 0.3) is 0 Å². The molecule has 16 heavy (non-hydrogen) atoms. The lowest BCUT2D eigenvalue weighted by Crippen LogP contribution is -2.55. The van der Waals surface area contributed by atoms with E-state index in [0.717, 1.165) is 18.8 Å². The van der Waals surface area contributed by atoms with Crippen LogP contribution in [-0.4, -0.2) is 30.2 Å². The fraction of sp³-hybridized carbons (Fsp3) is 0.500. The van der Waals surface area contributed by atoms with Gasteiger partial charge in [0.25, 0.3) is 0 Å². The summed E-state index contributed by atoms with van der Waals surface area (Å²) >= 11 is 0. The average molecular weight is 223 g/mol. The van der Waals surface area contributed by atoms with E-state index in [4.69, 9.17) is 0 Å². The number of benzene rings is 1. The van der Waals surface area contributed by atoms with Crippen LogP contribution in [0.4, 0.5) is 10.1 Å². The molecule has 3 nitrogen and oxygen atoms in total. The number of halogens is 1. The molecule has 1 aliphatic rings. The van der Waals surface area contributed by atoms with Gasteiger partial charge in [0.2, 0.25) is 0 Å². The standard InChI is InChI=1S/C12H18FN3/c1-9-7-16(8-10(2)14-9)15-12-5-3-4-11(13)6-12/h3-6,9-10,14-15H,7-8H2,1-2H3/t9-,10+. The summed E-state index contributed by atoms with van der Waals surface area (Å²) in [6.07, 6.45) is 0. The monoisotopic (exact) mass is 223 g/mol. The van der Waals surface area contributed by atoms with Gasteiger partial charge in [-0.3, -0.25) is 0 Å². The molecule has 0 spiro atoms. The zero-order chi connectivity index (χ0) is 11.5. The van der Waals surface area contributed by atoms with E-state index in [9.17, 15) is 4.39 Å². The number of nitrogens with zero attached hydrogens (tertiary/aromatic N) is 1. The molecule has 88 valence electrons. The Labute approximate surface area is 95.6 Å². The number of hydrogen-bond donors (Lipinski definition) is 2. The van der Waals surface area contributed by atoms with E-state index < -0.39 is 0 Å². The highest BCUT2D eigenvalue weighted by molar-refractivity contribution is 5.42. The molecule has 0 aromatic heterocycles. The SMILES string of the molecule is C[C@@H]1CN(Nc2cccc(F)c2)C[C@H](C)N1. The molecule has 0 bridgehead atoms. The van der Waals surface area contributed by atoms with Crippen LogP contribution in [0, 0.1) is 5.82 Å². The van der Waals surface area contributed by atoms with Crippen molar-refractivity contribution in [2.75, 3.05) is 18.5 Å². The highest BCUT2D eigenvalue weighted by Gasteiger charge is 2.20. The van der Waals surface area contributed by atoms with Gasteiger partial charge in [0, 0.05) is 25.2 Å². The summed E-state index contributed by atoms with van der Waals surface area (Å²) in [5.74, 6) is -0.207. The van der Waals surface area contributed by atoms with E-state index in [0.29, 0.717) is 12.1 Å². The molecular formula is C12H18FN3. The molecule has 2 rings (SSSR count). The summed E-state index contributed by atoms with van der Waals surface area (Å²) in [5, 5.41) is 5.58. The number of hydrazine groups is 1. The first kappa shape index (κ1) is 11.4. The van der Waals surface area contributed by atoms with Crippen LogP contribution in [0.1, 0.15) is 13.8 Å². The molecular weight excluding hydrogens is 205 g/mol. The van der Waals surface area contributed by atoms with E-state index in [1.54, 1.807) is 6.07 Å². The molecule has 1 fully saturated rings. The Bertz CT molecular complexity index is 346. The van der Waals surface area contributed by atoms with Gasteiger partial charge in [0.05, 0.1) is 5.69 Å². The molecule has 0 amide bonds. The molecule has 1 aliphatic heterocycles. The Balaban J connectivity index is 1.98. The average Bonchev–Trinajstić information content (AvgIpc) is 2.15. The van der Waals surface area contributed by atoms with Gasteiger partial charge in [0.1, 0.15) is 5.82 Å². The second kappa shape index (κ2) is 4.80. The zero-order valence-electron chi connectivity index (χ0n) is 9.70. The smallest absolute Gasteiger partial charge is 0.125 e. The fourth-order valence-corrected chi connectivity index (χ4v) is 2.16. The molecule has 2 atom stereocenters. The fourth-order valence-electron chi connectivity index (χ4n) is 2.16. The quantitative estimate of drug-likeness (QED) is 0.801. The number of rotatable bonds is 2. The van der Waals surface area contributed by atoms with Gasteiger partial charge in [0.15, 0.2) is 0 Å². The Morgan fingerprint density at radius 1 is 1.31 bits per heavy atom. The summed E-state index contributed by atoms with van der Waals surface area (Å²) in [5.41, 5.74) is 4.04. The summed E-state index contributed by atoms with van der Waals surface area (Å²) in [7, 11) is 0. The molecule has 0 aliphatic carbocycles. The third-order valence-electron chi connectivity index (χ3n) is 2.67. The predicted molar refractivity (Wildman–Crippen MR) is 63.7 cm³/mol. The van der Waals surface area contributed by atoms with Gasteiger partial charge in [-0.2, -0.15) is 0 Å². The van der Waals surface area contributed by atoms with Crippen LogP contribution in [0.3, 0.4) is 0 Å². The van der Waals surface area contributed by atoms with Crippen LogP contribution in [-0.2, 0) is 0 Å². The van der Waals surface area contributed by atoms with Gasteiger partial charge in [-0.1, -0.05) is 6.07 Å². The summed E-state index contributed by atoms with van der Waals surface area (Å²) in [6, 6.07) is 7.45. The first-order valence-corrected chi connectivity index (χ1v) is 5.66. The van der Waals surface area contributed by atoms with Crippen molar-refractivity contribution in [2.45, 2.75) is 25.9 Å². The van der Waals surface area contributed by atoms with Gasteiger partial charge in [-0.05, 0) is 32.0 Å². The number of anilines is 1. The molecule has 1 heterocycles. The summed E-state index contributed by atoms with van der Waals surface area (Å²) in [6.45, 7) is 6.13. The molecule has 1 aromatic carbocycles. The van der Waals surface area contributed by atoms with Gasteiger partial charge in [-0.25, -0.2) is 9.40 Å². The van der Waals surface area contributed by atoms with Crippen molar-refractivity contribution in [3.05, 3.63) is 30.1 Å². The molecule has 1 saturated heterocycles. The molecule has 0 radical (unpaired) electrons. The summed E-state index contributed by atoms with van der Waals surface area (Å²) < 4.78 is 13.0. The Hall–Kier alpha value is -1.13. The van der Waals surface area contributed by atoms with E-state index in [1.807, 2.05) is 6.07 Å². The van der Waals surface area contributed by atoms with Crippen LogP contribution >= 0.6 is 0 Å². The molecule has 0 saturated carbocycles. The summed E-state index contributed by atoms with van der Waals surface area (Å²) in [4.78, 5) is 0. The van der Waals surface area contributed by atoms with Crippen LogP contribution in [0.5, 0.6) is 0 Å². The van der Waals surface area contributed by atoms with Gasteiger partial charge < -0.3 is 10.7 Å². The van der Waals surface area contributed by atoms with E-state index >= 15 is 0 Å². The molecule has 2 N–H and O–H groups in total. The first-order valence-electron chi connectivity index (χ1n) is 5.66. The van der Waals surface area contributed by atoms with Crippen LogP contribution in [0.2, 0.25) is 0 Å². The van der Waals surface area contributed by atoms with Gasteiger partial charge >= 0.3 is 0 Å². The number of nitrogens with one attached hydrogen (secondary N) is 2. The third kappa shape index (κ3) is 2.93. The largest absolute Gasteiger partial charge is 0.319 e. The third-order valence-corrected chi connectivity index (χ3v) is 2.67. The minimum atomic E-state index is -0.207. The Morgan fingerprint density at radius 2 is 2.00 bits per heavy atom. The van der Waals surface area contributed by atoms with Crippen molar-refractivity contribution in [1.82, 2.24) is 10.3 Å². The van der Waals surface area contributed by atoms with E-state index in [2.05, 4.69) is 29.6 Å². The lowest BCUT2D eigenvalue weighted by Gasteiger charge is -2.36. The molecule has 0 unspecified atom stereocenters. The Kier molecular flexibility index (Phi) is 3.41. The van der Waals surface area contributed by atoms with Crippen LogP contribution in [0.15, 0.2) is 24.3 Å². The molecule has 4 heteroatoms. The van der Waals surface area contributed by atoms with Crippen LogP contribution < -0.4 is 10.7 Å². The zero-order valence-corrected chi connectivity index (χ0v) is 9.70. The van der Waals surface area contributed by atoms with Crippen molar-refractivity contribution in [3.8, 4) is 0 Å². The lowest BCUT2D eigenvalue weighted by molar-refractivity contribution is 0.205. The lowest BCUT2D eigenvalue weighted by atomic mass is 10.2. The normalized spacial score (nSPS) is 26.7. The Morgan fingerprint density at radius 3 is 2.62 bits per heavy atom. The minimum absolute atomic E-state index is 0.207. The van der Waals surface area contributed by atoms with Crippen molar-refractivity contribution in [2.24, 2.45) is 0 Å². The topological polar surface area (TPSA) is 27.3 Å². The minimum Gasteiger partial charge on any atom is -0.319 e. The second-order valence-electron chi connectivity index (χ2n) is 4.50. The first-order chi connectivity index (χ1) is 7.63. The van der Waals surface area contributed by atoms with Crippen molar-refractivity contribution < 1.29 is 4.39 Å². The maximum Gasteiger partial charge on any atom is 0.125 e. The maximum absolute atomic E-state index is 13.0. The highest BCUT2D eigenvalue weighted by atomic mass is 19.1. The number of hydrogen-bond acceptors (Lipinski definition) is 3. The van der Waals surface area contributed by atoms with E-state index in [-0.39, 0.29) is 5.82 Å². The highest BCUT2D eigenvalue weighted by Crippen LogP contribution is 2.12. The maximum atomic E-state index is 13.0.